The normalized spacial score (nSPS) is 16.0. The molecule has 0 unspecified atom stereocenters. The highest BCUT2D eigenvalue weighted by molar-refractivity contribution is 6.34. The fourth-order valence-electron chi connectivity index (χ4n) is 4.85. The number of carbonyl (C=O) groups excluding carboxylic acids is 1. The highest BCUT2D eigenvalue weighted by Crippen LogP contribution is 2.38. The van der Waals surface area contributed by atoms with Crippen molar-refractivity contribution in [2.24, 2.45) is 0 Å². The monoisotopic (exact) mass is 511 g/mol. The third-order valence-corrected chi connectivity index (χ3v) is 7.41. The summed E-state index contributed by atoms with van der Waals surface area (Å²) in [6.45, 7) is 6.75. The summed E-state index contributed by atoms with van der Waals surface area (Å²) in [6, 6.07) is 15.4. The minimum absolute atomic E-state index is 0.0592. The molecule has 5 nitrogen and oxygen atoms in total. The summed E-state index contributed by atoms with van der Waals surface area (Å²) >= 11 is 12.5. The molecule has 1 aliphatic rings. The Morgan fingerprint density at radius 1 is 1.14 bits per heavy atom. The number of likely N-dealkylation sites (N-methyl/N-ethyl adjacent to an activating group) is 1. The van der Waals surface area contributed by atoms with E-state index in [1.54, 1.807) is 36.3 Å². The SMILES string of the molecule is Cc1ccccc1-c1cc(N2CCC[C@H]2CO)ncc1N(C)C(=O)C(C)(C)c1cc(Cl)cc(Cl)c1. The number of hydrogen-bond donors (Lipinski definition) is 1. The summed E-state index contributed by atoms with van der Waals surface area (Å²) in [5, 5.41) is 10.8. The molecule has 0 bridgehead atoms. The molecule has 0 spiro atoms. The number of benzene rings is 2. The number of amides is 1. The second-order valence-corrected chi connectivity index (χ2v) is 10.6. The van der Waals surface area contributed by atoms with Gasteiger partial charge in [0.25, 0.3) is 0 Å². The van der Waals surface area contributed by atoms with Gasteiger partial charge in [-0.25, -0.2) is 4.98 Å². The summed E-state index contributed by atoms with van der Waals surface area (Å²) in [6.07, 6.45) is 3.72. The molecule has 4 rings (SSSR count). The Labute approximate surface area is 217 Å². The lowest BCUT2D eigenvalue weighted by Crippen LogP contribution is -2.42. The minimum Gasteiger partial charge on any atom is -0.394 e. The van der Waals surface area contributed by atoms with E-state index in [1.165, 1.54) is 0 Å². The molecule has 35 heavy (non-hydrogen) atoms. The number of aromatic nitrogens is 1. The first-order valence-electron chi connectivity index (χ1n) is 11.8. The van der Waals surface area contributed by atoms with E-state index in [2.05, 4.69) is 24.0 Å². The average Bonchev–Trinajstić information content (AvgIpc) is 3.31. The van der Waals surface area contributed by atoms with E-state index in [-0.39, 0.29) is 18.6 Å². The molecule has 184 valence electrons. The second kappa shape index (κ2) is 10.2. The largest absolute Gasteiger partial charge is 0.394 e. The summed E-state index contributed by atoms with van der Waals surface area (Å²) in [5.41, 5.74) is 3.65. The zero-order valence-corrected chi connectivity index (χ0v) is 22.1. The third-order valence-electron chi connectivity index (χ3n) is 6.97. The van der Waals surface area contributed by atoms with Gasteiger partial charge in [0.05, 0.1) is 29.9 Å². The molecule has 7 heteroatoms. The number of carbonyl (C=O) groups is 1. The number of aryl methyl sites for hydroxylation is 1. The third kappa shape index (κ3) is 5.04. The molecule has 1 saturated heterocycles. The van der Waals surface area contributed by atoms with Gasteiger partial charge in [0.2, 0.25) is 5.91 Å². The van der Waals surface area contributed by atoms with Crippen molar-refractivity contribution in [2.75, 3.05) is 30.0 Å². The smallest absolute Gasteiger partial charge is 0.236 e. The zero-order valence-electron chi connectivity index (χ0n) is 20.6. The van der Waals surface area contributed by atoms with Crippen molar-refractivity contribution in [1.29, 1.82) is 0 Å². The van der Waals surface area contributed by atoms with Crippen LogP contribution in [0.3, 0.4) is 0 Å². The minimum atomic E-state index is -0.873. The molecule has 1 N–H and O–H groups in total. The summed E-state index contributed by atoms with van der Waals surface area (Å²) in [7, 11) is 1.78. The lowest BCUT2D eigenvalue weighted by Gasteiger charge is -2.32. The highest BCUT2D eigenvalue weighted by atomic mass is 35.5. The second-order valence-electron chi connectivity index (χ2n) is 9.69. The maximum atomic E-state index is 13.9. The molecule has 0 aliphatic carbocycles. The van der Waals surface area contributed by atoms with E-state index in [9.17, 15) is 9.90 Å². The van der Waals surface area contributed by atoms with Gasteiger partial charge in [-0.15, -0.1) is 0 Å². The van der Waals surface area contributed by atoms with E-state index < -0.39 is 5.41 Å². The van der Waals surface area contributed by atoms with Crippen molar-refractivity contribution in [1.82, 2.24) is 4.98 Å². The Balaban J connectivity index is 1.79. The lowest BCUT2D eigenvalue weighted by atomic mass is 9.83. The van der Waals surface area contributed by atoms with Crippen LogP contribution in [0.2, 0.25) is 10.0 Å². The van der Waals surface area contributed by atoms with Crippen molar-refractivity contribution in [3.63, 3.8) is 0 Å². The van der Waals surface area contributed by atoms with E-state index >= 15 is 0 Å². The number of aliphatic hydroxyl groups is 1. The first-order chi connectivity index (χ1) is 16.6. The standard InChI is InChI=1S/C28H31Cl2N3O2/c1-18-8-5-6-10-23(18)24-15-26(33-11-7-9-22(33)17-34)31-16-25(24)32(4)27(35)28(2,3)19-12-20(29)14-21(30)13-19/h5-6,8,10,12-16,22,34H,7,9,11,17H2,1-4H3/t22-/m0/s1. The number of pyridine rings is 1. The van der Waals surface area contributed by atoms with Gasteiger partial charge >= 0.3 is 0 Å². The van der Waals surface area contributed by atoms with Crippen molar-refractivity contribution in [3.8, 4) is 11.1 Å². The molecule has 0 saturated carbocycles. The predicted molar refractivity (Wildman–Crippen MR) is 145 cm³/mol. The fraction of sp³-hybridized carbons (Fsp3) is 0.357. The van der Waals surface area contributed by atoms with Crippen LogP contribution >= 0.6 is 23.2 Å². The van der Waals surface area contributed by atoms with Crippen LogP contribution in [0, 0.1) is 6.92 Å². The maximum absolute atomic E-state index is 13.9. The molecular weight excluding hydrogens is 481 g/mol. The molecule has 1 fully saturated rings. The number of nitrogens with zero attached hydrogens (tertiary/aromatic N) is 3. The average molecular weight is 512 g/mol. The first kappa shape index (κ1) is 25.5. The van der Waals surface area contributed by atoms with Crippen LogP contribution in [0.5, 0.6) is 0 Å². The van der Waals surface area contributed by atoms with Gasteiger partial charge in [0.15, 0.2) is 0 Å². The zero-order chi connectivity index (χ0) is 25.3. The van der Waals surface area contributed by atoms with E-state index in [1.807, 2.05) is 32.0 Å². The summed E-state index contributed by atoms with van der Waals surface area (Å²) in [5.74, 6) is 0.708. The van der Waals surface area contributed by atoms with E-state index in [4.69, 9.17) is 28.2 Å². The molecule has 1 amide bonds. The van der Waals surface area contributed by atoms with Gasteiger partial charge in [-0.2, -0.15) is 0 Å². The number of halogens is 2. The molecule has 2 aromatic carbocycles. The van der Waals surface area contributed by atoms with Crippen molar-refractivity contribution >= 4 is 40.6 Å². The van der Waals surface area contributed by atoms with Crippen LogP contribution in [0.1, 0.15) is 37.8 Å². The van der Waals surface area contributed by atoms with Gasteiger partial charge in [-0.1, -0.05) is 47.5 Å². The molecule has 1 aromatic heterocycles. The van der Waals surface area contributed by atoms with E-state index in [0.29, 0.717) is 15.7 Å². The van der Waals surface area contributed by atoms with Gasteiger partial charge in [0.1, 0.15) is 5.82 Å². The molecule has 1 atom stereocenters. The fourth-order valence-corrected chi connectivity index (χ4v) is 5.37. The Hall–Kier alpha value is -2.60. The van der Waals surface area contributed by atoms with Gasteiger partial charge in [0, 0.05) is 29.2 Å². The molecular formula is C28H31Cl2N3O2. The lowest BCUT2D eigenvalue weighted by molar-refractivity contribution is -0.122. The van der Waals surface area contributed by atoms with Crippen molar-refractivity contribution in [2.45, 2.75) is 45.1 Å². The number of anilines is 2. The predicted octanol–water partition coefficient (Wildman–Crippen LogP) is 6.27. The Morgan fingerprint density at radius 3 is 2.49 bits per heavy atom. The Morgan fingerprint density at radius 2 is 1.83 bits per heavy atom. The number of rotatable bonds is 6. The maximum Gasteiger partial charge on any atom is 0.236 e. The molecule has 2 heterocycles. The van der Waals surface area contributed by atoms with Crippen LogP contribution in [-0.4, -0.2) is 42.2 Å². The van der Waals surface area contributed by atoms with Crippen LogP contribution in [-0.2, 0) is 10.2 Å². The van der Waals surface area contributed by atoms with Gasteiger partial charge < -0.3 is 14.9 Å². The van der Waals surface area contributed by atoms with Gasteiger partial charge in [-0.3, -0.25) is 4.79 Å². The van der Waals surface area contributed by atoms with Crippen molar-refractivity contribution in [3.05, 3.63) is 75.9 Å². The Bertz CT molecular complexity index is 1220. The molecule has 0 radical (unpaired) electrons. The number of aliphatic hydroxyl groups excluding tert-OH is 1. The summed E-state index contributed by atoms with van der Waals surface area (Å²) < 4.78 is 0. The highest BCUT2D eigenvalue weighted by Gasteiger charge is 2.35. The first-order valence-corrected chi connectivity index (χ1v) is 12.6. The van der Waals surface area contributed by atoms with Crippen LogP contribution in [0.15, 0.2) is 54.7 Å². The molecule has 1 aliphatic heterocycles. The number of hydrogen-bond acceptors (Lipinski definition) is 4. The molecule has 3 aromatic rings. The quantitative estimate of drug-likeness (QED) is 0.423. The van der Waals surface area contributed by atoms with Crippen LogP contribution in [0.25, 0.3) is 11.1 Å². The summed E-state index contributed by atoms with van der Waals surface area (Å²) in [4.78, 5) is 22.4. The van der Waals surface area contributed by atoms with Crippen LogP contribution in [0.4, 0.5) is 11.5 Å². The van der Waals surface area contributed by atoms with Crippen molar-refractivity contribution < 1.29 is 9.90 Å². The van der Waals surface area contributed by atoms with Gasteiger partial charge in [-0.05, 0) is 74.6 Å². The topological polar surface area (TPSA) is 56.7 Å². The van der Waals surface area contributed by atoms with E-state index in [0.717, 1.165) is 47.5 Å². The van der Waals surface area contributed by atoms with Crippen LogP contribution < -0.4 is 9.80 Å². The Kier molecular flexibility index (Phi) is 7.41.